The largest absolute Gasteiger partial charge is 0.299 e. The Balaban J connectivity index is 2.72. The molecule has 0 heterocycles. The first-order valence-electron chi connectivity index (χ1n) is 5.76. The van der Waals surface area contributed by atoms with Crippen LogP contribution >= 0.6 is 15.9 Å². The molecule has 0 aliphatic heterocycles. The van der Waals surface area contributed by atoms with Crippen LogP contribution in [0.2, 0.25) is 0 Å². The van der Waals surface area contributed by atoms with Crippen molar-refractivity contribution in [2.75, 3.05) is 7.05 Å². The van der Waals surface area contributed by atoms with Crippen molar-refractivity contribution < 1.29 is 0 Å². The summed E-state index contributed by atoms with van der Waals surface area (Å²) in [7, 11) is 2.19. The quantitative estimate of drug-likeness (QED) is 0.799. The highest BCUT2D eigenvalue weighted by atomic mass is 79.9. The summed E-state index contributed by atoms with van der Waals surface area (Å²) in [5.74, 6) is 0. The summed E-state index contributed by atoms with van der Waals surface area (Å²) in [5, 5.41) is 0. The van der Waals surface area contributed by atoms with Crippen LogP contribution in [0.5, 0.6) is 0 Å². The van der Waals surface area contributed by atoms with Gasteiger partial charge in [0.1, 0.15) is 0 Å². The van der Waals surface area contributed by atoms with E-state index in [4.69, 9.17) is 0 Å². The van der Waals surface area contributed by atoms with E-state index in [0.717, 1.165) is 6.54 Å². The van der Waals surface area contributed by atoms with E-state index in [1.165, 1.54) is 10.0 Å². The molecule has 0 bridgehead atoms. The highest BCUT2D eigenvalue weighted by Crippen LogP contribution is 2.25. The molecule has 1 rings (SSSR count). The van der Waals surface area contributed by atoms with Crippen molar-refractivity contribution in [2.45, 2.75) is 40.3 Å². The summed E-state index contributed by atoms with van der Waals surface area (Å²) in [4.78, 5) is 2.40. The van der Waals surface area contributed by atoms with Gasteiger partial charge in [0.15, 0.2) is 0 Å². The molecule has 1 aromatic carbocycles. The molecule has 0 fully saturated rings. The van der Waals surface area contributed by atoms with E-state index in [1.807, 2.05) is 0 Å². The predicted molar refractivity (Wildman–Crippen MR) is 74.5 cm³/mol. The molecule has 16 heavy (non-hydrogen) atoms. The first-order valence-corrected chi connectivity index (χ1v) is 6.55. The van der Waals surface area contributed by atoms with Crippen LogP contribution in [0.1, 0.15) is 33.3 Å². The smallest absolute Gasteiger partial charge is 0.0244 e. The number of nitrogens with zero attached hydrogens (tertiary/aromatic N) is 1. The summed E-state index contributed by atoms with van der Waals surface area (Å²) in [6.07, 6.45) is 0. The lowest BCUT2D eigenvalue weighted by Gasteiger charge is -2.35. The molecule has 1 nitrogen and oxygen atoms in total. The minimum absolute atomic E-state index is 0.315. The maximum Gasteiger partial charge on any atom is 0.0244 e. The predicted octanol–water partition coefficient (Wildman–Crippen LogP) is 4.32. The monoisotopic (exact) mass is 283 g/mol. The molecule has 0 radical (unpaired) electrons. The molecule has 1 aromatic rings. The van der Waals surface area contributed by atoms with E-state index in [-0.39, 0.29) is 0 Å². The van der Waals surface area contributed by atoms with Gasteiger partial charge in [-0.15, -0.1) is 0 Å². The Morgan fingerprint density at radius 1 is 1.25 bits per heavy atom. The lowest BCUT2D eigenvalue weighted by atomic mass is 9.87. The van der Waals surface area contributed by atoms with Gasteiger partial charge in [0.2, 0.25) is 0 Å². The lowest BCUT2D eigenvalue weighted by Crippen LogP contribution is -2.38. The standard InChI is InChI=1S/C14H22BrN/c1-11(14(2,3)4)16(5)10-12-8-6-7-9-13(12)15/h6-9,11H,10H2,1-5H3. The van der Waals surface area contributed by atoms with E-state index in [0.29, 0.717) is 11.5 Å². The maximum atomic E-state index is 3.60. The normalized spacial score (nSPS) is 14.2. The zero-order valence-corrected chi connectivity index (χ0v) is 12.5. The Morgan fingerprint density at radius 2 is 1.81 bits per heavy atom. The fourth-order valence-electron chi connectivity index (χ4n) is 1.69. The van der Waals surface area contributed by atoms with Gasteiger partial charge in [0, 0.05) is 17.1 Å². The van der Waals surface area contributed by atoms with Crippen LogP contribution < -0.4 is 0 Å². The van der Waals surface area contributed by atoms with E-state index in [1.54, 1.807) is 0 Å². The van der Waals surface area contributed by atoms with Crippen LogP contribution in [0, 0.1) is 5.41 Å². The molecule has 0 spiro atoms. The van der Waals surface area contributed by atoms with Crippen LogP contribution in [0.25, 0.3) is 0 Å². The zero-order valence-electron chi connectivity index (χ0n) is 10.9. The molecule has 0 amide bonds. The van der Waals surface area contributed by atoms with Crippen LogP contribution in [0.3, 0.4) is 0 Å². The third kappa shape index (κ3) is 3.60. The first-order chi connectivity index (χ1) is 7.32. The van der Waals surface area contributed by atoms with E-state index >= 15 is 0 Å². The number of hydrogen-bond acceptors (Lipinski definition) is 1. The topological polar surface area (TPSA) is 3.24 Å². The van der Waals surface area contributed by atoms with Crippen molar-refractivity contribution in [3.8, 4) is 0 Å². The van der Waals surface area contributed by atoms with Gasteiger partial charge in [0.25, 0.3) is 0 Å². The molecule has 0 aromatic heterocycles. The van der Waals surface area contributed by atoms with Crippen LogP contribution in [-0.2, 0) is 6.54 Å². The van der Waals surface area contributed by atoms with Gasteiger partial charge in [-0.05, 0) is 31.0 Å². The van der Waals surface area contributed by atoms with Crippen molar-refractivity contribution in [1.29, 1.82) is 0 Å². The molecule has 0 saturated heterocycles. The van der Waals surface area contributed by atoms with Crippen molar-refractivity contribution in [3.63, 3.8) is 0 Å². The lowest BCUT2D eigenvalue weighted by molar-refractivity contribution is 0.134. The second-order valence-corrected chi connectivity index (χ2v) is 6.40. The summed E-state index contributed by atoms with van der Waals surface area (Å²) < 4.78 is 1.20. The third-order valence-corrected chi connectivity index (χ3v) is 4.07. The van der Waals surface area contributed by atoms with Gasteiger partial charge in [-0.3, -0.25) is 4.90 Å². The molecule has 1 atom stereocenters. The Kier molecular flexibility index (Phi) is 4.57. The summed E-state index contributed by atoms with van der Waals surface area (Å²) in [5.41, 5.74) is 1.66. The van der Waals surface area contributed by atoms with Gasteiger partial charge >= 0.3 is 0 Å². The van der Waals surface area contributed by atoms with Gasteiger partial charge in [-0.2, -0.15) is 0 Å². The second kappa shape index (κ2) is 5.33. The minimum Gasteiger partial charge on any atom is -0.299 e. The number of hydrogen-bond donors (Lipinski definition) is 0. The van der Waals surface area contributed by atoms with E-state index in [9.17, 15) is 0 Å². The number of benzene rings is 1. The highest BCUT2D eigenvalue weighted by molar-refractivity contribution is 9.10. The molecule has 0 N–H and O–H groups in total. The van der Waals surface area contributed by atoms with Crippen molar-refractivity contribution in [2.24, 2.45) is 5.41 Å². The molecule has 90 valence electrons. The zero-order chi connectivity index (χ0) is 12.3. The molecule has 0 saturated carbocycles. The second-order valence-electron chi connectivity index (χ2n) is 5.55. The van der Waals surface area contributed by atoms with Gasteiger partial charge in [0.05, 0.1) is 0 Å². The summed E-state index contributed by atoms with van der Waals surface area (Å²) >= 11 is 3.60. The number of rotatable bonds is 3. The van der Waals surface area contributed by atoms with E-state index < -0.39 is 0 Å². The van der Waals surface area contributed by atoms with Gasteiger partial charge in [-0.1, -0.05) is 54.9 Å². The number of halogens is 1. The SMILES string of the molecule is CC(N(C)Cc1ccccc1Br)C(C)(C)C. The minimum atomic E-state index is 0.315. The van der Waals surface area contributed by atoms with Crippen LogP contribution in [0.4, 0.5) is 0 Å². The van der Waals surface area contributed by atoms with Gasteiger partial charge in [-0.25, -0.2) is 0 Å². The third-order valence-electron chi connectivity index (χ3n) is 3.29. The van der Waals surface area contributed by atoms with Crippen molar-refractivity contribution >= 4 is 15.9 Å². The van der Waals surface area contributed by atoms with Crippen molar-refractivity contribution in [3.05, 3.63) is 34.3 Å². The molecule has 2 heteroatoms. The summed E-state index contributed by atoms with van der Waals surface area (Å²) in [6.45, 7) is 10.1. The average molecular weight is 284 g/mol. The fourth-order valence-corrected chi connectivity index (χ4v) is 2.10. The van der Waals surface area contributed by atoms with Crippen LogP contribution in [0.15, 0.2) is 28.7 Å². The molecule has 0 aliphatic carbocycles. The molecular formula is C14H22BrN. The Hall–Kier alpha value is -0.340. The molecular weight excluding hydrogens is 262 g/mol. The van der Waals surface area contributed by atoms with E-state index in [2.05, 4.69) is 79.8 Å². The maximum absolute atomic E-state index is 3.60. The van der Waals surface area contributed by atoms with Gasteiger partial charge < -0.3 is 0 Å². The Bertz CT molecular complexity index is 341. The van der Waals surface area contributed by atoms with Crippen molar-refractivity contribution in [1.82, 2.24) is 4.90 Å². The Labute approximate surface area is 108 Å². The molecule has 1 unspecified atom stereocenters. The van der Waals surface area contributed by atoms with Crippen LogP contribution in [-0.4, -0.2) is 18.0 Å². The fraction of sp³-hybridized carbons (Fsp3) is 0.571. The highest BCUT2D eigenvalue weighted by Gasteiger charge is 2.23. The average Bonchev–Trinajstić information content (AvgIpc) is 2.19. The Morgan fingerprint density at radius 3 is 2.31 bits per heavy atom. The summed E-state index contributed by atoms with van der Waals surface area (Å²) in [6, 6.07) is 8.98. The first kappa shape index (κ1) is 13.7. The molecule has 0 aliphatic rings.